The van der Waals surface area contributed by atoms with Crippen molar-refractivity contribution in [1.29, 1.82) is 0 Å². The molecule has 0 saturated heterocycles. The first kappa shape index (κ1) is 22.8. The van der Waals surface area contributed by atoms with Crippen LogP contribution in [-0.4, -0.2) is 12.6 Å². The minimum atomic E-state index is -0.276. The van der Waals surface area contributed by atoms with Crippen LogP contribution in [0.1, 0.15) is 44.7 Å². The smallest absolute Gasteiger partial charge is 0.285 e. The summed E-state index contributed by atoms with van der Waals surface area (Å²) in [4.78, 5) is 11.0. The summed E-state index contributed by atoms with van der Waals surface area (Å²) in [5, 5.41) is 4.95. The number of nitrogens with one attached hydrogen (secondary N) is 2. The maximum atomic E-state index is 11.0. The SMILES string of the molecule is CC.[CH2-]NC(=O)NCc1ccc(COCCCC)cc1.[Y]. The molecule has 2 amide bonds. The van der Waals surface area contributed by atoms with Crippen LogP contribution in [0, 0.1) is 7.05 Å². The van der Waals surface area contributed by atoms with Gasteiger partial charge in [-0.25, -0.2) is 0 Å². The fourth-order valence-corrected chi connectivity index (χ4v) is 1.43. The van der Waals surface area contributed by atoms with Crippen molar-refractivity contribution in [2.75, 3.05) is 6.61 Å². The molecule has 0 aliphatic heterocycles. The summed E-state index contributed by atoms with van der Waals surface area (Å²) in [5.74, 6) is 0. The molecule has 1 rings (SSSR count). The maximum absolute atomic E-state index is 11.0. The number of amides is 2. The predicted molar refractivity (Wildman–Crippen MR) is 83.1 cm³/mol. The summed E-state index contributed by atoms with van der Waals surface area (Å²) in [5.41, 5.74) is 2.20. The molecule has 0 spiro atoms. The number of rotatable bonds is 7. The molecule has 0 unspecified atom stereocenters. The van der Waals surface area contributed by atoms with Crippen molar-refractivity contribution in [2.45, 2.75) is 46.8 Å². The molecule has 0 heterocycles. The van der Waals surface area contributed by atoms with E-state index in [1.165, 1.54) is 0 Å². The fourth-order valence-electron chi connectivity index (χ4n) is 1.43. The van der Waals surface area contributed by atoms with Gasteiger partial charge in [0.05, 0.1) is 6.61 Å². The minimum absolute atomic E-state index is 0. The Labute approximate surface area is 154 Å². The number of hydrogen-bond donors (Lipinski definition) is 2. The largest absolute Gasteiger partial charge is 0.490 e. The number of carbonyl (C=O) groups excluding carboxylic acids is 1. The van der Waals surface area contributed by atoms with Crippen LogP contribution in [0.2, 0.25) is 0 Å². The Hall–Kier alpha value is -0.446. The third kappa shape index (κ3) is 11.8. The van der Waals surface area contributed by atoms with Crippen molar-refractivity contribution in [2.24, 2.45) is 0 Å². The molecule has 21 heavy (non-hydrogen) atoms. The number of hydrogen-bond acceptors (Lipinski definition) is 2. The van der Waals surface area contributed by atoms with Crippen molar-refractivity contribution in [3.05, 3.63) is 42.4 Å². The van der Waals surface area contributed by atoms with Crippen molar-refractivity contribution >= 4 is 6.03 Å². The second-order valence-electron chi connectivity index (χ2n) is 4.08. The van der Waals surface area contributed by atoms with Gasteiger partial charge in [-0.2, -0.15) is 0 Å². The van der Waals surface area contributed by atoms with Crippen LogP contribution in [0.3, 0.4) is 0 Å². The van der Waals surface area contributed by atoms with Crippen LogP contribution in [0.15, 0.2) is 24.3 Å². The van der Waals surface area contributed by atoms with Gasteiger partial charge in [-0.1, -0.05) is 51.5 Å². The predicted octanol–water partition coefficient (Wildman–Crippen LogP) is 3.62. The zero-order valence-electron chi connectivity index (χ0n) is 13.4. The van der Waals surface area contributed by atoms with Crippen LogP contribution in [-0.2, 0) is 50.6 Å². The van der Waals surface area contributed by atoms with Crippen molar-refractivity contribution < 1.29 is 42.2 Å². The first-order valence-corrected chi connectivity index (χ1v) is 7.22. The molecule has 0 fully saturated rings. The molecule has 0 aliphatic carbocycles. The molecule has 117 valence electrons. The third-order valence-electron chi connectivity index (χ3n) is 2.55. The third-order valence-corrected chi connectivity index (χ3v) is 2.55. The fraction of sp³-hybridized carbons (Fsp3) is 0.500. The first-order chi connectivity index (χ1) is 9.76. The number of carbonyl (C=O) groups is 1. The normalized spacial score (nSPS) is 8.95. The molecular weight excluding hydrogens is 341 g/mol. The molecule has 4 nitrogen and oxygen atoms in total. The van der Waals surface area contributed by atoms with E-state index in [0.29, 0.717) is 13.2 Å². The van der Waals surface area contributed by atoms with Crippen LogP contribution in [0.5, 0.6) is 0 Å². The van der Waals surface area contributed by atoms with Gasteiger partial charge in [0.15, 0.2) is 0 Å². The zero-order valence-corrected chi connectivity index (χ0v) is 16.3. The van der Waals surface area contributed by atoms with Gasteiger partial charge >= 0.3 is 0 Å². The van der Waals surface area contributed by atoms with Crippen molar-refractivity contribution in [3.63, 3.8) is 0 Å². The summed E-state index contributed by atoms with van der Waals surface area (Å²) in [6.07, 6.45) is 2.25. The second-order valence-corrected chi connectivity index (χ2v) is 4.08. The Morgan fingerprint density at radius 3 is 2.29 bits per heavy atom. The van der Waals surface area contributed by atoms with E-state index in [-0.39, 0.29) is 38.7 Å². The van der Waals surface area contributed by atoms with Crippen LogP contribution in [0.25, 0.3) is 0 Å². The summed E-state index contributed by atoms with van der Waals surface area (Å²) in [6.45, 7) is 8.10. The Balaban J connectivity index is 0. The van der Waals surface area contributed by atoms with Gasteiger partial charge in [-0.3, -0.25) is 11.8 Å². The summed E-state index contributed by atoms with van der Waals surface area (Å²) in [6, 6.07) is 7.74. The van der Waals surface area contributed by atoms with Gasteiger partial charge in [0, 0.05) is 45.9 Å². The van der Waals surface area contributed by atoms with E-state index >= 15 is 0 Å². The van der Waals surface area contributed by atoms with Gasteiger partial charge in [0.2, 0.25) is 0 Å². The second kappa shape index (κ2) is 15.9. The molecule has 2 N–H and O–H groups in total. The first-order valence-electron chi connectivity index (χ1n) is 7.22. The summed E-state index contributed by atoms with van der Waals surface area (Å²) >= 11 is 0. The number of unbranched alkanes of at least 4 members (excludes halogenated alkanes) is 1. The van der Waals surface area contributed by atoms with Crippen molar-refractivity contribution in [1.82, 2.24) is 10.6 Å². The Morgan fingerprint density at radius 2 is 1.76 bits per heavy atom. The summed E-state index contributed by atoms with van der Waals surface area (Å²) < 4.78 is 5.53. The molecule has 0 aliphatic rings. The number of benzene rings is 1. The molecule has 1 aromatic carbocycles. The van der Waals surface area contributed by atoms with E-state index in [1.54, 1.807) is 0 Å². The standard InChI is InChI=1S/C14H21N2O2.C2H6.Y/c1-3-4-9-18-11-13-7-5-12(6-8-13)10-16-14(17)15-2;1-2;/h5-8H,2-4,9-11H2,1H3,(H2,15,16,17);1-2H3;/q-1;;. The molecule has 5 heteroatoms. The number of ether oxygens (including phenoxy) is 1. The van der Waals surface area contributed by atoms with Gasteiger partial charge in [0.1, 0.15) is 0 Å². The molecule has 0 saturated carbocycles. The van der Waals surface area contributed by atoms with Gasteiger partial charge in [0.25, 0.3) is 6.03 Å². The average Bonchev–Trinajstić information content (AvgIpc) is 2.52. The molecular formula is C16H27N2O2Y-. The van der Waals surface area contributed by atoms with Crippen LogP contribution >= 0.6 is 0 Å². The van der Waals surface area contributed by atoms with Gasteiger partial charge in [-0.15, -0.1) is 0 Å². The zero-order chi connectivity index (χ0) is 15.2. The molecule has 0 bridgehead atoms. The topological polar surface area (TPSA) is 50.4 Å². The van der Waals surface area contributed by atoms with Crippen LogP contribution < -0.4 is 10.6 Å². The average molecular weight is 368 g/mol. The minimum Gasteiger partial charge on any atom is -0.490 e. The van der Waals surface area contributed by atoms with E-state index in [2.05, 4.69) is 24.6 Å². The molecule has 0 aromatic heterocycles. The summed E-state index contributed by atoms with van der Waals surface area (Å²) in [7, 11) is 3.28. The maximum Gasteiger partial charge on any atom is 0.285 e. The van der Waals surface area contributed by atoms with Crippen LogP contribution in [0.4, 0.5) is 4.79 Å². The molecule has 1 radical (unpaired) electrons. The number of urea groups is 1. The molecule has 1 aromatic rings. The van der Waals surface area contributed by atoms with E-state index < -0.39 is 0 Å². The monoisotopic (exact) mass is 368 g/mol. The van der Waals surface area contributed by atoms with Gasteiger partial charge in [-0.05, 0) is 17.5 Å². The van der Waals surface area contributed by atoms with E-state index in [4.69, 9.17) is 4.74 Å². The van der Waals surface area contributed by atoms with Gasteiger partial charge < -0.3 is 15.4 Å². The quantitative estimate of drug-likeness (QED) is 0.571. The Bertz CT molecular complexity index is 356. The van der Waals surface area contributed by atoms with E-state index in [9.17, 15) is 4.79 Å². The molecule has 0 atom stereocenters. The Morgan fingerprint density at radius 1 is 1.19 bits per heavy atom. The van der Waals surface area contributed by atoms with E-state index in [0.717, 1.165) is 30.6 Å². The van der Waals surface area contributed by atoms with E-state index in [1.807, 2.05) is 38.1 Å². The van der Waals surface area contributed by atoms with Crippen molar-refractivity contribution in [3.8, 4) is 0 Å². The Kier molecular flexibility index (Phi) is 17.3.